The number of aliphatic hydroxyl groups excluding tert-OH is 2. The molecule has 0 rings (SSSR count). The van der Waals surface area contributed by atoms with Crippen LogP contribution in [0, 0.1) is 0 Å². The molecule has 0 aromatic heterocycles. The third-order valence-corrected chi connectivity index (χ3v) is 1.60. The van der Waals surface area contributed by atoms with Gasteiger partial charge in [-0.15, -0.1) is 0 Å². The third kappa shape index (κ3) is 60.7. The fraction of sp³-hybridized carbons (Fsp3) is 0.833. The minimum atomic E-state index is -0.833. The first kappa shape index (κ1) is 22.1. The molecule has 1 unspecified atom stereocenters. The molecule has 6 heteroatoms. The normalized spacial score (nSPS) is 10.3. The zero-order valence-corrected chi connectivity index (χ0v) is 11.4. The minimum absolute atomic E-state index is 0.104. The van der Waals surface area contributed by atoms with Crippen molar-refractivity contribution in [2.24, 2.45) is 0 Å². The molecule has 0 saturated heterocycles. The molecule has 0 radical (unpaired) electrons. The van der Waals surface area contributed by atoms with Crippen molar-refractivity contribution >= 4 is 11.9 Å². The highest BCUT2D eigenvalue weighted by molar-refractivity contribution is 5.63. The van der Waals surface area contributed by atoms with E-state index in [-0.39, 0.29) is 12.7 Å². The molecule has 0 spiro atoms. The van der Waals surface area contributed by atoms with E-state index < -0.39 is 11.9 Å². The summed E-state index contributed by atoms with van der Waals surface area (Å²) in [5.74, 6) is -1.67. The Kier molecular flexibility index (Phi) is 22.4. The minimum Gasteiger partial charge on any atom is -0.481 e. The summed E-state index contributed by atoms with van der Waals surface area (Å²) in [5.41, 5.74) is 0. The fourth-order valence-corrected chi connectivity index (χ4v) is 0.923. The summed E-state index contributed by atoms with van der Waals surface area (Å²) in [7, 11) is 0. The number of aliphatic hydroxyl groups is 2. The van der Waals surface area contributed by atoms with Crippen molar-refractivity contribution in [3.8, 4) is 0 Å². The Morgan fingerprint density at radius 2 is 1.39 bits per heavy atom. The van der Waals surface area contributed by atoms with Gasteiger partial charge in [0, 0.05) is 20.5 Å². The number of carboxylic acids is 2. The number of carboxylic acid groups (broad SMARTS) is 2. The number of hydrogen-bond donors (Lipinski definition) is 4. The van der Waals surface area contributed by atoms with Gasteiger partial charge in [0.2, 0.25) is 0 Å². The van der Waals surface area contributed by atoms with Crippen LogP contribution in [-0.4, -0.2) is 45.1 Å². The van der Waals surface area contributed by atoms with Crippen LogP contribution in [0.25, 0.3) is 0 Å². The Hall–Kier alpha value is -1.14. The highest BCUT2D eigenvalue weighted by Gasteiger charge is 2.00. The van der Waals surface area contributed by atoms with Gasteiger partial charge >= 0.3 is 0 Å². The van der Waals surface area contributed by atoms with Crippen LogP contribution in [0.3, 0.4) is 0 Å². The van der Waals surface area contributed by atoms with Gasteiger partial charge in [0.25, 0.3) is 11.9 Å². The molecular weight excluding hydrogens is 240 g/mol. The Morgan fingerprint density at radius 1 is 1.00 bits per heavy atom. The smallest absolute Gasteiger partial charge is 0.300 e. The maximum Gasteiger partial charge on any atom is 0.300 e. The number of unbranched alkanes of at least 4 members (excludes halogenated alkanes) is 2. The van der Waals surface area contributed by atoms with Gasteiger partial charge in [-0.2, -0.15) is 0 Å². The third-order valence-electron chi connectivity index (χ3n) is 1.60. The van der Waals surface area contributed by atoms with Crippen molar-refractivity contribution in [2.75, 3.05) is 6.61 Å². The molecule has 0 aromatic rings. The summed E-state index contributed by atoms with van der Waals surface area (Å²) in [6, 6.07) is 0. The molecule has 110 valence electrons. The summed E-state index contributed by atoms with van der Waals surface area (Å²) in [6.45, 7) is 4.41. The van der Waals surface area contributed by atoms with Gasteiger partial charge in [0.05, 0.1) is 6.10 Å². The molecule has 0 aliphatic rings. The van der Waals surface area contributed by atoms with E-state index in [1.165, 1.54) is 12.8 Å². The number of hydrogen-bond acceptors (Lipinski definition) is 4. The Morgan fingerprint density at radius 3 is 1.67 bits per heavy atom. The summed E-state index contributed by atoms with van der Waals surface area (Å²) < 4.78 is 0. The van der Waals surface area contributed by atoms with Crippen molar-refractivity contribution in [2.45, 2.75) is 59.0 Å². The van der Waals surface area contributed by atoms with Crippen LogP contribution < -0.4 is 0 Å². The molecule has 4 N–H and O–H groups in total. The average molecular weight is 266 g/mol. The Bertz CT molecular complexity index is 173. The molecule has 0 aromatic carbocycles. The van der Waals surface area contributed by atoms with E-state index in [9.17, 15) is 0 Å². The predicted molar refractivity (Wildman–Crippen MR) is 68.5 cm³/mol. The Balaban J connectivity index is -0.000000233. The van der Waals surface area contributed by atoms with Crippen LogP contribution in [0.1, 0.15) is 52.9 Å². The van der Waals surface area contributed by atoms with Crippen molar-refractivity contribution in [3.05, 3.63) is 0 Å². The van der Waals surface area contributed by atoms with Crippen LogP contribution in [0.15, 0.2) is 0 Å². The van der Waals surface area contributed by atoms with Crippen molar-refractivity contribution < 1.29 is 30.0 Å². The Labute approximate surface area is 108 Å². The summed E-state index contributed by atoms with van der Waals surface area (Å²) >= 11 is 0. The highest BCUT2D eigenvalue weighted by Crippen LogP contribution is 2.05. The van der Waals surface area contributed by atoms with Crippen LogP contribution >= 0.6 is 0 Å². The monoisotopic (exact) mass is 266 g/mol. The lowest BCUT2D eigenvalue weighted by molar-refractivity contribution is -0.135. The molecule has 0 amide bonds. The van der Waals surface area contributed by atoms with E-state index in [0.29, 0.717) is 6.42 Å². The van der Waals surface area contributed by atoms with Crippen LogP contribution in [0.2, 0.25) is 0 Å². The molecule has 0 bridgehead atoms. The van der Waals surface area contributed by atoms with Gasteiger partial charge in [-0.3, -0.25) is 9.59 Å². The quantitative estimate of drug-likeness (QED) is 0.541. The maximum absolute atomic E-state index is 9.12. The second-order valence-corrected chi connectivity index (χ2v) is 3.70. The van der Waals surface area contributed by atoms with Crippen molar-refractivity contribution in [1.29, 1.82) is 0 Å². The van der Waals surface area contributed by atoms with Crippen molar-refractivity contribution in [1.82, 2.24) is 0 Å². The second kappa shape index (κ2) is 18.2. The molecule has 1 atom stereocenters. The summed E-state index contributed by atoms with van der Waals surface area (Å²) in [5, 5.41) is 32.4. The second-order valence-electron chi connectivity index (χ2n) is 3.70. The number of rotatable bonds is 6. The van der Waals surface area contributed by atoms with E-state index in [0.717, 1.165) is 26.7 Å². The van der Waals surface area contributed by atoms with Gasteiger partial charge in [-0.05, 0) is 12.8 Å². The lowest BCUT2D eigenvalue weighted by Crippen LogP contribution is -2.07. The van der Waals surface area contributed by atoms with Crippen LogP contribution in [0.4, 0.5) is 0 Å². The molecular formula is C12H26O6. The van der Waals surface area contributed by atoms with Crippen LogP contribution in [-0.2, 0) is 9.59 Å². The van der Waals surface area contributed by atoms with Crippen LogP contribution in [0.5, 0.6) is 0 Å². The van der Waals surface area contributed by atoms with Gasteiger partial charge in [0.15, 0.2) is 0 Å². The first-order valence-electron chi connectivity index (χ1n) is 5.95. The summed E-state index contributed by atoms with van der Waals surface area (Å²) in [6.07, 6.45) is 4.54. The average Bonchev–Trinajstić information content (AvgIpc) is 2.16. The first-order valence-corrected chi connectivity index (χ1v) is 5.95. The molecule has 18 heavy (non-hydrogen) atoms. The zero-order valence-electron chi connectivity index (χ0n) is 11.4. The lowest BCUT2D eigenvalue weighted by atomic mass is 10.1. The molecule has 6 nitrogen and oxygen atoms in total. The topological polar surface area (TPSA) is 115 Å². The SMILES string of the molecule is CC(=O)O.CC(=O)O.CCCCCC(O)CCO. The van der Waals surface area contributed by atoms with Gasteiger partial charge in [-0.25, -0.2) is 0 Å². The molecule has 0 heterocycles. The molecule has 0 aliphatic heterocycles. The van der Waals surface area contributed by atoms with Gasteiger partial charge < -0.3 is 20.4 Å². The largest absolute Gasteiger partial charge is 0.481 e. The van der Waals surface area contributed by atoms with E-state index in [1.807, 2.05) is 0 Å². The fourth-order valence-electron chi connectivity index (χ4n) is 0.923. The van der Waals surface area contributed by atoms with Gasteiger partial charge in [-0.1, -0.05) is 26.2 Å². The van der Waals surface area contributed by atoms with Crippen molar-refractivity contribution in [3.63, 3.8) is 0 Å². The predicted octanol–water partition coefficient (Wildman–Crippen LogP) is 1.49. The standard InChI is InChI=1S/C8H18O2.2C2H4O2/c1-2-3-4-5-8(10)6-7-9;2*1-2(3)4/h8-10H,2-7H2,1H3;2*1H3,(H,3,4). The number of aliphatic carboxylic acids is 2. The molecule has 0 saturated carbocycles. The highest BCUT2D eigenvalue weighted by atomic mass is 16.4. The maximum atomic E-state index is 9.12. The summed E-state index contributed by atoms with van der Waals surface area (Å²) in [4.78, 5) is 18.0. The zero-order chi connectivity index (χ0) is 15.0. The van der Waals surface area contributed by atoms with E-state index in [1.54, 1.807) is 0 Å². The molecule has 0 fully saturated rings. The van der Waals surface area contributed by atoms with E-state index >= 15 is 0 Å². The van der Waals surface area contributed by atoms with E-state index in [2.05, 4.69) is 6.92 Å². The molecule has 0 aliphatic carbocycles. The first-order chi connectivity index (χ1) is 8.27. The number of carbonyl (C=O) groups is 2. The van der Waals surface area contributed by atoms with Gasteiger partial charge in [0.1, 0.15) is 0 Å². The lowest BCUT2D eigenvalue weighted by Gasteiger charge is -2.06. The van der Waals surface area contributed by atoms with E-state index in [4.69, 9.17) is 30.0 Å².